The highest BCUT2D eigenvalue weighted by Gasteiger charge is 2.31. The SMILES string of the molecule is Cc1cc(C(=O)N2CCN(CC(C)C)CC2)cc(S(=O)(=O)N2CCC(C)CC2)c1C. The molecule has 2 fully saturated rings. The van der Waals surface area contributed by atoms with Gasteiger partial charge in [-0.3, -0.25) is 9.69 Å². The Kier molecular flexibility index (Phi) is 7.25. The maximum atomic E-state index is 13.4. The lowest BCUT2D eigenvalue weighted by atomic mass is 10.0. The molecule has 30 heavy (non-hydrogen) atoms. The van der Waals surface area contributed by atoms with Crippen LogP contribution in [0.4, 0.5) is 0 Å². The first-order valence-electron chi connectivity index (χ1n) is 11.2. The molecule has 0 aliphatic carbocycles. The fourth-order valence-corrected chi connectivity index (χ4v) is 6.21. The van der Waals surface area contributed by atoms with E-state index in [4.69, 9.17) is 0 Å². The van der Waals surface area contributed by atoms with Crippen LogP contribution in [0.3, 0.4) is 0 Å². The summed E-state index contributed by atoms with van der Waals surface area (Å²) in [7, 11) is -3.59. The third-order valence-electron chi connectivity index (χ3n) is 6.51. The van der Waals surface area contributed by atoms with Gasteiger partial charge in [-0.2, -0.15) is 4.31 Å². The summed E-state index contributed by atoms with van der Waals surface area (Å²) in [5, 5.41) is 0. The second kappa shape index (κ2) is 9.37. The van der Waals surface area contributed by atoms with Gasteiger partial charge < -0.3 is 4.90 Å². The highest BCUT2D eigenvalue weighted by molar-refractivity contribution is 7.89. The topological polar surface area (TPSA) is 60.9 Å². The first-order chi connectivity index (χ1) is 14.1. The van der Waals surface area contributed by atoms with Crippen molar-refractivity contribution in [2.24, 2.45) is 11.8 Å². The molecule has 2 aliphatic heterocycles. The van der Waals surface area contributed by atoms with E-state index < -0.39 is 10.0 Å². The maximum absolute atomic E-state index is 13.4. The Morgan fingerprint density at radius 1 is 1.03 bits per heavy atom. The molecule has 0 spiro atoms. The number of carbonyl (C=O) groups is 1. The minimum Gasteiger partial charge on any atom is -0.336 e. The summed E-state index contributed by atoms with van der Waals surface area (Å²) < 4.78 is 28.3. The molecule has 2 saturated heterocycles. The predicted octanol–water partition coefficient (Wildman–Crippen LogP) is 3.14. The van der Waals surface area contributed by atoms with Crippen molar-refractivity contribution < 1.29 is 13.2 Å². The van der Waals surface area contributed by atoms with Crippen molar-refractivity contribution in [3.63, 3.8) is 0 Å². The molecule has 1 aromatic carbocycles. The first kappa shape index (κ1) is 23.2. The van der Waals surface area contributed by atoms with Crippen LogP contribution in [0.25, 0.3) is 0 Å². The van der Waals surface area contributed by atoms with Crippen LogP contribution in [0.5, 0.6) is 0 Å². The zero-order valence-corrected chi connectivity index (χ0v) is 20.0. The highest BCUT2D eigenvalue weighted by atomic mass is 32.2. The van der Waals surface area contributed by atoms with Crippen LogP contribution < -0.4 is 0 Å². The molecule has 7 heteroatoms. The Labute approximate surface area is 182 Å². The van der Waals surface area contributed by atoms with E-state index in [0.717, 1.165) is 43.6 Å². The standard InChI is InChI=1S/C23H37N3O3S/c1-17(2)16-24-10-12-25(13-11-24)23(27)21-14-19(4)20(5)22(15-21)30(28,29)26-8-6-18(3)7-9-26/h14-15,17-18H,6-13,16H2,1-5H3. The largest absolute Gasteiger partial charge is 0.336 e. The number of piperidine rings is 1. The molecule has 168 valence electrons. The van der Waals surface area contributed by atoms with E-state index in [1.54, 1.807) is 10.4 Å². The fraction of sp³-hybridized carbons (Fsp3) is 0.696. The summed E-state index contributed by atoms with van der Waals surface area (Å²) in [6.07, 6.45) is 1.77. The van der Waals surface area contributed by atoms with Gasteiger partial charge in [0.1, 0.15) is 0 Å². The highest BCUT2D eigenvalue weighted by Crippen LogP contribution is 2.28. The average molecular weight is 436 g/mol. The summed E-state index contributed by atoms with van der Waals surface area (Å²) in [5.74, 6) is 1.10. The Balaban J connectivity index is 1.80. The van der Waals surface area contributed by atoms with Crippen molar-refractivity contribution in [1.82, 2.24) is 14.1 Å². The molecule has 6 nitrogen and oxygen atoms in total. The lowest BCUT2D eigenvalue weighted by Gasteiger charge is -2.35. The van der Waals surface area contributed by atoms with Crippen molar-refractivity contribution in [2.45, 2.75) is 52.4 Å². The van der Waals surface area contributed by atoms with Crippen LogP contribution in [0.15, 0.2) is 17.0 Å². The normalized spacial score (nSPS) is 20.1. The van der Waals surface area contributed by atoms with E-state index in [2.05, 4.69) is 25.7 Å². The van der Waals surface area contributed by atoms with Gasteiger partial charge >= 0.3 is 0 Å². The van der Waals surface area contributed by atoms with Crippen molar-refractivity contribution >= 4 is 15.9 Å². The van der Waals surface area contributed by atoms with Gasteiger partial charge in [0.05, 0.1) is 4.90 Å². The number of hydrogen-bond donors (Lipinski definition) is 0. The molecule has 0 atom stereocenters. The molecule has 1 aromatic rings. The molecule has 0 N–H and O–H groups in total. The zero-order valence-electron chi connectivity index (χ0n) is 19.1. The van der Waals surface area contributed by atoms with E-state index in [9.17, 15) is 13.2 Å². The summed E-state index contributed by atoms with van der Waals surface area (Å²) in [6.45, 7) is 15.6. The van der Waals surface area contributed by atoms with Gasteiger partial charge in [-0.1, -0.05) is 20.8 Å². The lowest BCUT2D eigenvalue weighted by Crippen LogP contribution is -2.49. The van der Waals surface area contributed by atoms with E-state index in [-0.39, 0.29) is 5.91 Å². The van der Waals surface area contributed by atoms with Crippen LogP contribution >= 0.6 is 0 Å². The van der Waals surface area contributed by atoms with Gasteiger partial charge in [0, 0.05) is 51.4 Å². The Morgan fingerprint density at radius 2 is 1.63 bits per heavy atom. The third-order valence-corrected chi connectivity index (χ3v) is 8.53. The molecule has 0 radical (unpaired) electrons. The minimum atomic E-state index is -3.59. The molecule has 0 saturated carbocycles. The smallest absolute Gasteiger partial charge is 0.253 e. The number of carbonyl (C=O) groups excluding carboxylic acids is 1. The number of amides is 1. The minimum absolute atomic E-state index is 0.0639. The van der Waals surface area contributed by atoms with Gasteiger partial charge in [0.2, 0.25) is 10.0 Å². The number of sulfonamides is 1. The van der Waals surface area contributed by atoms with Crippen LogP contribution in [-0.4, -0.2) is 74.2 Å². The summed E-state index contributed by atoms with van der Waals surface area (Å²) in [4.78, 5) is 17.7. The van der Waals surface area contributed by atoms with E-state index in [0.29, 0.717) is 48.5 Å². The number of piperazine rings is 1. The van der Waals surface area contributed by atoms with Gasteiger partial charge in [0.15, 0.2) is 0 Å². The number of benzene rings is 1. The molecule has 2 heterocycles. The van der Waals surface area contributed by atoms with Crippen LogP contribution in [0, 0.1) is 25.7 Å². The zero-order chi connectivity index (χ0) is 22.1. The van der Waals surface area contributed by atoms with Crippen molar-refractivity contribution in [3.8, 4) is 0 Å². The molecule has 0 unspecified atom stereocenters. The Morgan fingerprint density at radius 3 is 2.20 bits per heavy atom. The first-order valence-corrected chi connectivity index (χ1v) is 12.7. The van der Waals surface area contributed by atoms with Gasteiger partial charge in [-0.15, -0.1) is 0 Å². The van der Waals surface area contributed by atoms with Gasteiger partial charge in [0.25, 0.3) is 5.91 Å². The number of rotatable bonds is 5. The predicted molar refractivity (Wildman–Crippen MR) is 120 cm³/mol. The molecular weight excluding hydrogens is 398 g/mol. The van der Waals surface area contributed by atoms with Crippen molar-refractivity contribution in [1.29, 1.82) is 0 Å². The molecule has 1 amide bonds. The fourth-order valence-electron chi connectivity index (χ4n) is 4.42. The summed E-state index contributed by atoms with van der Waals surface area (Å²) >= 11 is 0. The van der Waals surface area contributed by atoms with E-state index in [1.165, 1.54) is 0 Å². The summed E-state index contributed by atoms with van der Waals surface area (Å²) in [6, 6.07) is 3.45. The Bertz CT molecular complexity index is 866. The van der Waals surface area contributed by atoms with Crippen molar-refractivity contribution in [2.75, 3.05) is 45.8 Å². The molecule has 3 rings (SSSR count). The lowest BCUT2D eigenvalue weighted by molar-refractivity contribution is 0.0623. The maximum Gasteiger partial charge on any atom is 0.253 e. The molecule has 0 aromatic heterocycles. The molecule has 2 aliphatic rings. The van der Waals surface area contributed by atoms with E-state index >= 15 is 0 Å². The second-order valence-corrected chi connectivity index (χ2v) is 11.4. The monoisotopic (exact) mass is 435 g/mol. The van der Waals surface area contributed by atoms with Crippen molar-refractivity contribution in [3.05, 3.63) is 28.8 Å². The summed E-state index contributed by atoms with van der Waals surface area (Å²) in [5.41, 5.74) is 2.08. The van der Waals surface area contributed by atoms with Gasteiger partial charge in [-0.05, 0) is 61.8 Å². The number of aryl methyl sites for hydroxylation is 1. The second-order valence-electron chi connectivity index (χ2n) is 9.49. The van der Waals surface area contributed by atoms with Gasteiger partial charge in [-0.25, -0.2) is 8.42 Å². The van der Waals surface area contributed by atoms with Crippen LogP contribution in [0.1, 0.15) is 55.1 Å². The molecular formula is C23H37N3O3S. The average Bonchev–Trinajstić information content (AvgIpc) is 2.69. The Hall–Kier alpha value is -1.44. The number of nitrogens with zero attached hydrogens (tertiary/aromatic N) is 3. The van der Waals surface area contributed by atoms with Crippen LogP contribution in [0.2, 0.25) is 0 Å². The molecule has 0 bridgehead atoms. The third kappa shape index (κ3) is 5.06. The van der Waals surface area contributed by atoms with E-state index in [1.807, 2.05) is 24.8 Å². The number of hydrogen-bond acceptors (Lipinski definition) is 4. The quantitative estimate of drug-likeness (QED) is 0.713. The van der Waals surface area contributed by atoms with Crippen LogP contribution in [-0.2, 0) is 10.0 Å².